The summed E-state index contributed by atoms with van der Waals surface area (Å²) in [5.41, 5.74) is 2.48. The Kier molecular flexibility index (Phi) is 7.77. The average molecular weight is 472 g/mol. The third kappa shape index (κ3) is 4.64. The molecule has 2 amide bonds. The number of imide groups is 1. The van der Waals surface area contributed by atoms with Crippen LogP contribution in [0.5, 0.6) is 0 Å². The molecule has 0 N–H and O–H groups in total. The van der Waals surface area contributed by atoms with Crippen molar-refractivity contribution in [2.24, 2.45) is 17.8 Å². The summed E-state index contributed by atoms with van der Waals surface area (Å²) in [4.78, 5) is 27.1. The molecule has 2 aliphatic rings. The van der Waals surface area contributed by atoms with Crippen LogP contribution < -0.4 is 0 Å². The Hall–Kier alpha value is -2.08. The van der Waals surface area contributed by atoms with Crippen molar-refractivity contribution in [1.29, 1.82) is 0 Å². The fourth-order valence-electron chi connectivity index (χ4n) is 6.15. The van der Waals surface area contributed by atoms with E-state index in [1.54, 1.807) is 0 Å². The number of rotatable bonds is 7. The Labute approximate surface area is 200 Å². The zero-order valence-corrected chi connectivity index (χ0v) is 22.5. The van der Waals surface area contributed by atoms with Crippen LogP contribution in [0, 0.1) is 17.8 Å². The summed E-state index contributed by atoms with van der Waals surface area (Å²) in [7, 11) is -2.14. The van der Waals surface area contributed by atoms with Gasteiger partial charge in [-0.2, -0.15) is 0 Å². The Balaban J connectivity index is 2.08. The highest BCUT2D eigenvalue weighted by Crippen LogP contribution is 2.49. The van der Waals surface area contributed by atoms with E-state index in [0.29, 0.717) is 23.2 Å². The van der Waals surface area contributed by atoms with Crippen LogP contribution in [0.25, 0.3) is 0 Å². The SMILES string of the molecule is CC(C)[Si](OC1=C[C@H](c2ccccc2)[C@@H](C(=O)N2CCOC2=O)[C@H](C)[C@@H]1C)(C(C)C)C(C)C. The molecule has 1 aromatic carbocycles. The summed E-state index contributed by atoms with van der Waals surface area (Å²) in [5.74, 6) is 0.503. The normalized spacial score (nSPS) is 26.1. The first-order valence-corrected chi connectivity index (χ1v) is 14.6. The largest absolute Gasteiger partial charge is 0.546 e. The van der Waals surface area contributed by atoms with Crippen LogP contribution in [0.3, 0.4) is 0 Å². The number of ether oxygens (including phenoxy) is 1. The second-order valence-corrected chi connectivity index (χ2v) is 16.1. The lowest BCUT2D eigenvalue weighted by Gasteiger charge is -2.47. The van der Waals surface area contributed by atoms with E-state index >= 15 is 0 Å². The number of carbonyl (C=O) groups excluding carboxylic acids is 2. The van der Waals surface area contributed by atoms with Crippen molar-refractivity contribution in [3.05, 3.63) is 47.7 Å². The summed E-state index contributed by atoms with van der Waals surface area (Å²) in [5, 5.41) is 0. The predicted molar refractivity (Wildman–Crippen MR) is 134 cm³/mol. The van der Waals surface area contributed by atoms with Crippen LogP contribution in [-0.4, -0.2) is 38.4 Å². The summed E-state index contributed by atoms with van der Waals surface area (Å²) < 4.78 is 12.2. The smallest absolute Gasteiger partial charge is 0.416 e. The van der Waals surface area contributed by atoms with Gasteiger partial charge in [0, 0.05) is 11.8 Å². The van der Waals surface area contributed by atoms with Crippen LogP contribution in [0.1, 0.15) is 66.9 Å². The van der Waals surface area contributed by atoms with Crippen LogP contribution in [-0.2, 0) is 14.0 Å². The highest BCUT2D eigenvalue weighted by Gasteiger charge is 2.51. The van der Waals surface area contributed by atoms with Crippen LogP contribution >= 0.6 is 0 Å². The van der Waals surface area contributed by atoms with Crippen molar-refractivity contribution >= 4 is 20.3 Å². The van der Waals surface area contributed by atoms with Crippen molar-refractivity contribution in [3.63, 3.8) is 0 Å². The number of cyclic esters (lactones) is 1. The molecule has 0 radical (unpaired) electrons. The van der Waals surface area contributed by atoms with Crippen molar-refractivity contribution < 1.29 is 18.8 Å². The lowest BCUT2D eigenvalue weighted by atomic mass is 9.68. The summed E-state index contributed by atoms with van der Waals surface area (Å²) >= 11 is 0. The van der Waals surface area contributed by atoms with Crippen LogP contribution in [0.4, 0.5) is 4.79 Å². The highest BCUT2D eigenvalue weighted by atomic mass is 28.4. The first kappa shape index (κ1) is 25.5. The van der Waals surface area contributed by atoms with Gasteiger partial charge < -0.3 is 9.16 Å². The molecule has 6 heteroatoms. The Morgan fingerprint density at radius 2 is 1.61 bits per heavy atom. The van der Waals surface area contributed by atoms with Gasteiger partial charge in [0.05, 0.1) is 18.2 Å². The maximum absolute atomic E-state index is 13.6. The number of benzene rings is 1. The number of allylic oxidation sites excluding steroid dienone is 2. The molecule has 1 aliphatic heterocycles. The third-order valence-corrected chi connectivity index (χ3v) is 14.0. The molecule has 33 heavy (non-hydrogen) atoms. The molecule has 0 spiro atoms. The zero-order valence-electron chi connectivity index (χ0n) is 21.5. The first-order valence-electron chi connectivity index (χ1n) is 12.5. The van der Waals surface area contributed by atoms with Gasteiger partial charge in [-0.3, -0.25) is 4.79 Å². The number of nitrogens with zero attached hydrogens (tertiary/aromatic N) is 1. The minimum Gasteiger partial charge on any atom is -0.546 e. The zero-order chi connectivity index (χ0) is 24.5. The molecule has 0 aromatic heterocycles. The van der Waals surface area contributed by atoms with E-state index in [2.05, 4.69) is 73.6 Å². The van der Waals surface area contributed by atoms with Crippen molar-refractivity contribution in [1.82, 2.24) is 4.90 Å². The van der Waals surface area contributed by atoms with Crippen LogP contribution in [0.15, 0.2) is 42.2 Å². The minimum atomic E-state index is -2.14. The number of carbonyl (C=O) groups is 2. The van der Waals surface area contributed by atoms with Gasteiger partial charge in [0.1, 0.15) is 6.61 Å². The van der Waals surface area contributed by atoms with Crippen molar-refractivity contribution in [2.45, 2.75) is 77.9 Å². The van der Waals surface area contributed by atoms with E-state index in [-0.39, 0.29) is 36.2 Å². The molecule has 0 saturated carbocycles. The predicted octanol–water partition coefficient (Wildman–Crippen LogP) is 6.73. The average Bonchev–Trinajstić information content (AvgIpc) is 3.19. The molecule has 0 bridgehead atoms. The van der Waals surface area contributed by atoms with E-state index in [1.165, 1.54) is 4.90 Å². The highest BCUT2D eigenvalue weighted by molar-refractivity contribution is 6.77. The molecule has 1 aromatic rings. The fourth-order valence-corrected chi connectivity index (χ4v) is 11.5. The second kappa shape index (κ2) is 10.0. The van der Waals surface area contributed by atoms with E-state index in [1.807, 2.05) is 18.2 Å². The Bertz CT molecular complexity index is 858. The molecule has 5 nitrogen and oxygen atoms in total. The van der Waals surface area contributed by atoms with Gasteiger partial charge in [-0.05, 0) is 34.2 Å². The van der Waals surface area contributed by atoms with E-state index in [4.69, 9.17) is 9.16 Å². The lowest BCUT2D eigenvalue weighted by Crippen LogP contribution is -2.50. The van der Waals surface area contributed by atoms with E-state index < -0.39 is 14.4 Å². The van der Waals surface area contributed by atoms with Crippen molar-refractivity contribution in [2.75, 3.05) is 13.2 Å². The third-order valence-electron chi connectivity index (χ3n) is 8.03. The lowest BCUT2D eigenvalue weighted by molar-refractivity contribution is -0.135. The summed E-state index contributed by atoms with van der Waals surface area (Å²) in [6.07, 6.45) is 1.67. The monoisotopic (exact) mass is 471 g/mol. The fraction of sp³-hybridized carbons (Fsp3) is 0.630. The van der Waals surface area contributed by atoms with Gasteiger partial charge in [0.25, 0.3) is 8.32 Å². The van der Waals surface area contributed by atoms with E-state index in [0.717, 1.165) is 11.3 Å². The van der Waals surface area contributed by atoms with Crippen molar-refractivity contribution in [3.8, 4) is 0 Å². The molecule has 3 rings (SSSR count). The molecule has 0 unspecified atom stereocenters. The summed E-state index contributed by atoms with van der Waals surface area (Å²) in [6.45, 7) is 18.7. The molecule has 182 valence electrons. The van der Waals surface area contributed by atoms with Gasteiger partial charge in [-0.15, -0.1) is 0 Å². The standard InChI is InChI=1S/C27H41NO4Si/c1-17(2)33(18(3)4,19(5)6)32-24-16-23(22-12-10-9-11-13-22)25(21(8)20(24)7)26(29)28-14-15-31-27(28)30/h9-13,16-21,23,25H,14-15H2,1-8H3/t20-,21+,23+,25-/m0/s1. The van der Waals surface area contributed by atoms with Gasteiger partial charge >= 0.3 is 6.09 Å². The number of amides is 2. The van der Waals surface area contributed by atoms with Gasteiger partial charge in [-0.1, -0.05) is 85.7 Å². The molecule has 4 atom stereocenters. The molecule has 1 saturated heterocycles. The molecule has 1 heterocycles. The molecule has 1 aliphatic carbocycles. The molecular formula is C27H41NO4Si. The minimum absolute atomic E-state index is 0.0225. The number of hydrogen-bond donors (Lipinski definition) is 0. The van der Waals surface area contributed by atoms with Gasteiger partial charge in [-0.25, -0.2) is 9.69 Å². The summed E-state index contributed by atoms with van der Waals surface area (Å²) in [6, 6.07) is 10.1. The molecule has 1 fully saturated rings. The first-order chi connectivity index (χ1) is 15.5. The quantitative estimate of drug-likeness (QED) is 0.414. The second-order valence-electron chi connectivity index (χ2n) is 10.7. The number of hydrogen-bond acceptors (Lipinski definition) is 4. The van der Waals surface area contributed by atoms with Gasteiger partial charge in [0.15, 0.2) is 0 Å². The van der Waals surface area contributed by atoms with Crippen LogP contribution in [0.2, 0.25) is 16.6 Å². The maximum atomic E-state index is 13.6. The van der Waals surface area contributed by atoms with E-state index in [9.17, 15) is 9.59 Å². The topological polar surface area (TPSA) is 55.8 Å². The maximum Gasteiger partial charge on any atom is 0.416 e. The Morgan fingerprint density at radius 3 is 2.09 bits per heavy atom. The molecular weight excluding hydrogens is 430 g/mol. The van der Waals surface area contributed by atoms with Gasteiger partial charge in [0.2, 0.25) is 5.91 Å². The Morgan fingerprint density at radius 1 is 1.03 bits per heavy atom.